The fraction of sp³-hybridized carbons (Fsp3) is 0.818. The first-order valence-electron chi connectivity index (χ1n) is 10.7. The van der Waals surface area contributed by atoms with Crippen LogP contribution in [0.15, 0.2) is 16.9 Å². The first kappa shape index (κ1) is 24.7. The minimum Gasteiger partial charge on any atom is -0.476 e. The van der Waals surface area contributed by atoms with Crippen molar-refractivity contribution in [2.75, 3.05) is 0 Å². The number of carboxylic acid groups (broad SMARTS) is 1. The highest BCUT2D eigenvalue weighted by Crippen LogP contribution is 2.14. The Morgan fingerprint density at radius 2 is 1.38 bits per heavy atom. The van der Waals surface area contributed by atoms with Gasteiger partial charge in [-0.2, -0.15) is 0 Å². The van der Waals surface area contributed by atoms with Crippen molar-refractivity contribution >= 4 is 5.97 Å². The molecule has 152 valence electrons. The molecule has 1 rings (SSSR count). The maximum absolute atomic E-state index is 9.94. The lowest BCUT2D eigenvalue weighted by Crippen LogP contribution is -1.94. The Bertz CT molecular complexity index is 402. The lowest BCUT2D eigenvalue weighted by molar-refractivity contribution is 0.0685. The molecule has 1 N–H and O–H groups in total. The zero-order chi connectivity index (χ0) is 19.5. The standard InChI is InChI=1S/C18H38.C4H3NO3/c1-4-5-6-7-8-9-10-11-12-13-14-15-16-17-18(2)3;6-4(7)3-1-2-8-5-3/h18H,4-17H2,1-3H3;1-2H,(H,6,7). The summed E-state index contributed by atoms with van der Waals surface area (Å²) in [4.78, 5) is 9.94. The van der Waals surface area contributed by atoms with E-state index in [0.717, 1.165) is 5.92 Å². The number of hydrogen-bond acceptors (Lipinski definition) is 3. The Hall–Kier alpha value is -1.32. The lowest BCUT2D eigenvalue weighted by Gasteiger charge is -2.04. The number of hydrogen-bond donors (Lipinski definition) is 1. The Balaban J connectivity index is 0.000000642. The van der Waals surface area contributed by atoms with Crippen molar-refractivity contribution in [2.24, 2.45) is 5.92 Å². The molecule has 26 heavy (non-hydrogen) atoms. The second-order valence-corrected chi connectivity index (χ2v) is 7.62. The first-order chi connectivity index (χ1) is 12.6. The predicted molar refractivity (Wildman–Crippen MR) is 109 cm³/mol. The number of aromatic carboxylic acids is 1. The van der Waals surface area contributed by atoms with Gasteiger partial charge in [0.15, 0.2) is 5.69 Å². The van der Waals surface area contributed by atoms with E-state index in [1.54, 1.807) is 0 Å². The van der Waals surface area contributed by atoms with E-state index in [2.05, 4.69) is 30.5 Å². The van der Waals surface area contributed by atoms with E-state index in [1.807, 2.05) is 0 Å². The predicted octanol–water partition coefficient (Wildman–Crippen LogP) is 7.50. The molecule has 0 fully saturated rings. The molecule has 0 aliphatic rings. The molecule has 1 aromatic rings. The molecule has 0 aliphatic heterocycles. The fourth-order valence-corrected chi connectivity index (χ4v) is 2.89. The van der Waals surface area contributed by atoms with Crippen molar-refractivity contribution in [1.29, 1.82) is 0 Å². The molecular weight excluding hydrogens is 326 g/mol. The molecule has 0 bridgehead atoms. The Morgan fingerprint density at radius 3 is 1.69 bits per heavy atom. The molecule has 0 aromatic carbocycles. The number of unbranched alkanes of at least 4 members (excludes halogenated alkanes) is 12. The normalized spacial score (nSPS) is 10.6. The summed E-state index contributed by atoms with van der Waals surface area (Å²) in [6.07, 6.45) is 21.7. The van der Waals surface area contributed by atoms with Crippen LogP contribution in [0, 0.1) is 5.92 Å². The van der Waals surface area contributed by atoms with Crippen molar-refractivity contribution < 1.29 is 14.4 Å². The van der Waals surface area contributed by atoms with Crippen LogP contribution in [0.25, 0.3) is 0 Å². The van der Waals surface area contributed by atoms with Crippen molar-refractivity contribution in [1.82, 2.24) is 5.16 Å². The van der Waals surface area contributed by atoms with Gasteiger partial charge in [0.25, 0.3) is 0 Å². The van der Waals surface area contributed by atoms with E-state index >= 15 is 0 Å². The third-order valence-corrected chi connectivity index (χ3v) is 4.54. The van der Waals surface area contributed by atoms with E-state index in [-0.39, 0.29) is 5.69 Å². The van der Waals surface area contributed by atoms with Crippen LogP contribution in [0.5, 0.6) is 0 Å². The molecule has 4 heteroatoms. The fourth-order valence-electron chi connectivity index (χ4n) is 2.89. The largest absolute Gasteiger partial charge is 0.476 e. The third-order valence-electron chi connectivity index (χ3n) is 4.54. The molecule has 0 spiro atoms. The van der Waals surface area contributed by atoms with Gasteiger partial charge in [0.1, 0.15) is 6.26 Å². The number of carbonyl (C=O) groups is 1. The van der Waals surface area contributed by atoms with Gasteiger partial charge in [-0.05, 0) is 5.92 Å². The average molecular weight is 368 g/mol. The van der Waals surface area contributed by atoms with Crippen LogP contribution in [-0.4, -0.2) is 16.2 Å². The van der Waals surface area contributed by atoms with Gasteiger partial charge in [0, 0.05) is 6.07 Å². The summed E-state index contributed by atoms with van der Waals surface area (Å²) in [5.41, 5.74) is -0.0648. The average Bonchev–Trinajstić information content (AvgIpc) is 3.14. The zero-order valence-corrected chi connectivity index (χ0v) is 17.3. The molecule has 0 saturated carbocycles. The summed E-state index contributed by atoms with van der Waals surface area (Å²) in [7, 11) is 0. The van der Waals surface area contributed by atoms with Crippen LogP contribution < -0.4 is 0 Å². The Kier molecular flexibility index (Phi) is 17.5. The minimum atomic E-state index is -1.07. The van der Waals surface area contributed by atoms with Crippen LogP contribution in [0.1, 0.15) is 121 Å². The van der Waals surface area contributed by atoms with Gasteiger partial charge in [-0.25, -0.2) is 4.79 Å². The van der Waals surface area contributed by atoms with E-state index in [9.17, 15) is 4.79 Å². The second-order valence-electron chi connectivity index (χ2n) is 7.62. The van der Waals surface area contributed by atoms with Gasteiger partial charge in [0.05, 0.1) is 0 Å². The third kappa shape index (κ3) is 17.5. The van der Waals surface area contributed by atoms with Crippen LogP contribution >= 0.6 is 0 Å². The molecule has 0 amide bonds. The van der Waals surface area contributed by atoms with Gasteiger partial charge in [0.2, 0.25) is 0 Å². The summed E-state index contributed by atoms with van der Waals surface area (Å²) in [5.74, 6) is -0.170. The van der Waals surface area contributed by atoms with Gasteiger partial charge < -0.3 is 9.63 Å². The molecule has 4 nitrogen and oxygen atoms in total. The van der Waals surface area contributed by atoms with Gasteiger partial charge in [-0.3, -0.25) is 0 Å². The van der Waals surface area contributed by atoms with Crippen LogP contribution in [0.3, 0.4) is 0 Å². The maximum atomic E-state index is 9.94. The quantitative estimate of drug-likeness (QED) is 0.326. The van der Waals surface area contributed by atoms with Gasteiger partial charge in [-0.15, -0.1) is 0 Å². The maximum Gasteiger partial charge on any atom is 0.358 e. The van der Waals surface area contributed by atoms with Crippen LogP contribution in [-0.2, 0) is 0 Å². The highest BCUT2D eigenvalue weighted by Gasteiger charge is 2.02. The van der Waals surface area contributed by atoms with Crippen molar-refractivity contribution in [3.63, 3.8) is 0 Å². The Morgan fingerprint density at radius 1 is 0.923 bits per heavy atom. The molecule has 0 radical (unpaired) electrons. The highest BCUT2D eigenvalue weighted by atomic mass is 16.5. The minimum absolute atomic E-state index is 0.0648. The van der Waals surface area contributed by atoms with Gasteiger partial charge in [-0.1, -0.05) is 116 Å². The number of rotatable bonds is 15. The highest BCUT2D eigenvalue weighted by molar-refractivity contribution is 5.84. The van der Waals surface area contributed by atoms with E-state index < -0.39 is 5.97 Å². The zero-order valence-electron chi connectivity index (χ0n) is 17.3. The topological polar surface area (TPSA) is 63.3 Å². The summed E-state index contributed by atoms with van der Waals surface area (Å²) >= 11 is 0. The summed E-state index contributed by atoms with van der Waals surface area (Å²) < 4.78 is 4.24. The van der Waals surface area contributed by atoms with E-state index in [0.29, 0.717) is 0 Å². The smallest absolute Gasteiger partial charge is 0.358 e. The van der Waals surface area contributed by atoms with Crippen LogP contribution in [0.2, 0.25) is 0 Å². The van der Waals surface area contributed by atoms with E-state index in [1.165, 1.54) is 102 Å². The molecule has 0 atom stereocenters. The van der Waals surface area contributed by atoms with E-state index in [4.69, 9.17) is 5.11 Å². The number of carboxylic acids is 1. The monoisotopic (exact) mass is 367 g/mol. The second kappa shape index (κ2) is 18.5. The van der Waals surface area contributed by atoms with Crippen molar-refractivity contribution in [3.8, 4) is 0 Å². The van der Waals surface area contributed by atoms with Crippen LogP contribution in [0.4, 0.5) is 0 Å². The van der Waals surface area contributed by atoms with Crippen molar-refractivity contribution in [3.05, 3.63) is 18.0 Å². The summed E-state index contributed by atoms with van der Waals surface area (Å²) in [5, 5.41) is 11.3. The molecule has 0 saturated heterocycles. The molecular formula is C22H41NO3. The molecule has 1 heterocycles. The lowest BCUT2D eigenvalue weighted by atomic mass is 10.0. The Labute approximate surface area is 160 Å². The van der Waals surface area contributed by atoms with Gasteiger partial charge >= 0.3 is 5.97 Å². The molecule has 1 aromatic heterocycles. The number of aromatic nitrogens is 1. The molecule has 0 unspecified atom stereocenters. The number of nitrogens with zero attached hydrogens (tertiary/aromatic N) is 1. The SMILES string of the molecule is CCCCCCCCCCCCCCCC(C)C.O=C(O)c1ccon1. The summed E-state index contributed by atoms with van der Waals surface area (Å²) in [6.45, 7) is 6.96. The molecule has 0 aliphatic carbocycles. The first-order valence-corrected chi connectivity index (χ1v) is 10.7. The summed E-state index contributed by atoms with van der Waals surface area (Å²) in [6, 6.07) is 1.28. The van der Waals surface area contributed by atoms with Crippen molar-refractivity contribution in [2.45, 2.75) is 111 Å².